The molecule has 3 N–H and O–H groups in total. The van der Waals surface area contributed by atoms with Crippen molar-refractivity contribution in [3.8, 4) is 0 Å². The Kier molecular flexibility index (Phi) is 6.25. The molecule has 0 fully saturated rings. The number of aliphatic hydroxyl groups is 2. The number of oxime groups is 1. The molecule has 1 aliphatic carbocycles. The quantitative estimate of drug-likeness (QED) is 0.472. The van der Waals surface area contributed by atoms with Crippen LogP contribution in [0.4, 0.5) is 0 Å². The number of methoxy groups -OCH3 is 2. The summed E-state index contributed by atoms with van der Waals surface area (Å²) in [5, 5.41) is 26.0. The van der Waals surface area contributed by atoms with E-state index in [1.165, 1.54) is 7.11 Å². The van der Waals surface area contributed by atoms with E-state index in [1.807, 2.05) is 0 Å². The third-order valence-electron chi connectivity index (χ3n) is 3.67. The first-order valence-electron chi connectivity index (χ1n) is 7.05. The predicted octanol–water partition coefficient (Wildman–Crippen LogP) is 0.0578. The van der Waals surface area contributed by atoms with Gasteiger partial charge < -0.3 is 29.8 Å². The summed E-state index contributed by atoms with van der Waals surface area (Å²) in [6.45, 7) is -0.336. The molecule has 0 saturated carbocycles. The average molecular weight is 484 g/mol. The van der Waals surface area contributed by atoms with E-state index < -0.39 is 29.7 Å². The molecule has 2 rings (SSSR count). The Hall–Kier alpha value is -1.43. The van der Waals surface area contributed by atoms with Crippen LogP contribution in [0.2, 0.25) is 0 Å². The first kappa shape index (κ1) is 19.9. The van der Waals surface area contributed by atoms with Gasteiger partial charge in [-0.05, 0) is 37.9 Å². The van der Waals surface area contributed by atoms with E-state index in [0.717, 1.165) is 7.11 Å². The summed E-state index contributed by atoms with van der Waals surface area (Å²) in [6.07, 6.45) is -1.08. The van der Waals surface area contributed by atoms with Gasteiger partial charge in [0.1, 0.15) is 17.6 Å². The van der Waals surface area contributed by atoms with Gasteiger partial charge in [0.2, 0.25) is 0 Å². The Morgan fingerprint density at radius 2 is 2.20 bits per heavy atom. The van der Waals surface area contributed by atoms with Crippen LogP contribution in [0.5, 0.6) is 0 Å². The number of carbonyl (C=O) groups excluding carboxylic acids is 2. The lowest BCUT2D eigenvalue weighted by molar-refractivity contribution is -0.150. The van der Waals surface area contributed by atoms with Crippen LogP contribution in [0, 0.1) is 0 Å². The lowest BCUT2D eigenvalue weighted by Crippen LogP contribution is -2.45. The molecule has 138 valence electrons. The molecular weight excluding hydrogens is 468 g/mol. The Labute approximate surface area is 159 Å². The number of ether oxygens (including phenoxy) is 2. The molecule has 0 bridgehead atoms. The van der Waals surface area contributed by atoms with E-state index in [1.54, 1.807) is 6.08 Å². The number of hydrogen-bond acceptors (Lipinski definition) is 8. The fourth-order valence-corrected chi connectivity index (χ4v) is 4.12. The highest BCUT2D eigenvalue weighted by Crippen LogP contribution is 2.43. The zero-order chi connectivity index (χ0) is 18.8. The fourth-order valence-electron chi connectivity index (χ4n) is 2.33. The summed E-state index contributed by atoms with van der Waals surface area (Å²) in [7, 11) is 2.58. The van der Waals surface area contributed by atoms with Gasteiger partial charge in [0.25, 0.3) is 5.91 Å². The molecule has 9 nitrogen and oxygen atoms in total. The third-order valence-corrected chi connectivity index (χ3v) is 5.06. The summed E-state index contributed by atoms with van der Waals surface area (Å²) in [5.74, 6) is -1.09. The topological polar surface area (TPSA) is 127 Å². The average Bonchev–Trinajstić information content (AvgIpc) is 3.02. The molecule has 0 aromatic heterocycles. The number of halogens is 2. The normalized spacial score (nSPS) is 26.6. The summed E-state index contributed by atoms with van der Waals surface area (Å²) in [5.41, 5.74) is -1.26. The van der Waals surface area contributed by atoms with Crippen LogP contribution in [0.15, 0.2) is 26.0 Å². The van der Waals surface area contributed by atoms with Crippen LogP contribution in [0.1, 0.15) is 6.42 Å². The maximum absolute atomic E-state index is 12.1. The van der Waals surface area contributed by atoms with Crippen LogP contribution < -0.4 is 5.32 Å². The lowest BCUT2D eigenvalue weighted by Gasteiger charge is -2.33. The number of hydrogen-bond donors (Lipinski definition) is 3. The van der Waals surface area contributed by atoms with E-state index in [0.29, 0.717) is 14.7 Å². The van der Waals surface area contributed by atoms with Crippen molar-refractivity contribution in [3.63, 3.8) is 0 Å². The third kappa shape index (κ3) is 3.89. The molecule has 2 aliphatic rings. The molecule has 25 heavy (non-hydrogen) atoms. The molecule has 0 aromatic carbocycles. The van der Waals surface area contributed by atoms with Gasteiger partial charge in [-0.15, -0.1) is 0 Å². The molecule has 1 amide bonds. The second-order valence-electron chi connectivity index (χ2n) is 5.29. The Balaban J connectivity index is 2.04. The van der Waals surface area contributed by atoms with Gasteiger partial charge in [0.15, 0.2) is 11.7 Å². The van der Waals surface area contributed by atoms with Crippen LogP contribution in [-0.2, 0) is 23.9 Å². The summed E-state index contributed by atoms with van der Waals surface area (Å²) >= 11 is 6.57. The van der Waals surface area contributed by atoms with Crippen molar-refractivity contribution in [1.82, 2.24) is 5.32 Å². The number of esters is 1. The minimum absolute atomic E-state index is 0.00818. The van der Waals surface area contributed by atoms with Gasteiger partial charge in [0, 0.05) is 6.42 Å². The van der Waals surface area contributed by atoms with Crippen molar-refractivity contribution in [2.45, 2.75) is 24.2 Å². The van der Waals surface area contributed by atoms with Crippen molar-refractivity contribution in [1.29, 1.82) is 0 Å². The van der Waals surface area contributed by atoms with Crippen LogP contribution in [0.3, 0.4) is 0 Å². The van der Waals surface area contributed by atoms with Gasteiger partial charge in [-0.25, -0.2) is 4.79 Å². The zero-order valence-electron chi connectivity index (χ0n) is 13.3. The van der Waals surface area contributed by atoms with Crippen LogP contribution >= 0.6 is 31.9 Å². The molecule has 0 radical (unpaired) electrons. The van der Waals surface area contributed by atoms with E-state index in [-0.39, 0.29) is 18.7 Å². The number of amides is 1. The van der Waals surface area contributed by atoms with Gasteiger partial charge in [-0.3, -0.25) is 4.79 Å². The Morgan fingerprint density at radius 1 is 1.52 bits per heavy atom. The summed E-state index contributed by atoms with van der Waals surface area (Å²) in [6, 6.07) is 0. The standard InChI is InChI=1S/C14H16Br2N2O7/c1-23-10-6(15)3-14(11(20)9(10)16)4-7(18-25-14)12(21)17-5-8(19)13(22)24-2/h3,8,11,19-20H,4-5H2,1-2H3,(H,17,21)/t8?,11-,14+/m0/s1. The van der Waals surface area contributed by atoms with Gasteiger partial charge in [-0.1, -0.05) is 5.16 Å². The van der Waals surface area contributed by atoms with Crippen LogP contribution in [0.25, 0.3) is 0 Å². The number of nitrogens with zero attached hydrogens (tertiary/aromatic N) is 1. The number of nitrogens with one attached hydrogen (secondary N) is 1. The van der Waals surface area contributed by atoms with E-state index in [2.05, 4.69) is 47.1 Å². The molecule has 1 heterocycles. The molecule has 0 saturated heterocycles. The summed E-state index contributed by atoms with van der Waals surface area (Å²) in [4.78, 5) is 28.6. The first-order chi connectivity index (χ1) is 11.8. The molecule has 1 spiro atoms. The molecular formula is C14H16Br2N2O7. The second-order valence-corrected chi connectivity index (χ2v) is 6.99. The molecule has 0 aromatic rings. The number of rotatable bonds is 5. The number of allylic oxidation sites excluding steroid dienone is 1. The number of aliphatic hydroxyl groups excluding tert-OH is 2. The second kappa shape index (κ2) is 7.85. The molecule has 3 atom stereocenters. The monoisotopic (exact) mass is 482 g/mol. The maximum atomic E-state index is 12.1. The Bertz CT molecular complexity index is 676. The Morgan fingerprint density at radius 3 is 2.80 bits per heavy atom. The van der Waals surface area contributed by atoms with Crippen molar-refractivity contribution >= 4 is 49.4 Å². The highest BCUT2D eigenvalue weighted by Gasteiger charge is 2.50. The largest absolute Gasteiger partial charge is 0.495 e. The maximum Gasteiger partial charge on any atom is 0.336 e. The SMILES string of the molecule is COC(=O)C(O)CNC(=O)C1=NO[C@]2(C=C(Br)C(OC)=C(Br)[C@@H]2O)C1. The van der Waals surface area contributed by atoms with Gasteiger partial charge >= 0.3 is 5.97 Å². The highest BCUT2D eigenvalue weighted by molar-refractivity contribution is 9.12. The van der Waals surface area contributed by atoms with Gasteiger partial charge in [-0.2, -0.15) is 0 Å². The van der Waals surface area contributed by atoms with Gasteiger partial charge in [0.05, 0.1) is 29.7 Å². The molecule has 11 heteroatoms. The molecule has 1 aliphatic heterocycles. The van der Waals surface area contributed by atoms with Crippen molar-refractivity contribution in [2.24, 2.45) is 5.16 Å². The van der Waals surface area contributed by atoms with Crippen molar-refractivity contribution in [3.05, 3.63) is 20.8 Å². The van der Waals surface area contributed by atoms with E-state index in [4.69, 9.17) is 9.57 Å². The minimum atomic E-state index is -1.48. The summed E-state index contributed by atoms with van der Waals surface area (Å²) < 4.78 is 10.4. The smallest absolute Gasteiger partial charge is 0.336 e. The first-order valence-corrected chi connectivity index (χ1v) is 8.64. The van der Waals surface area contributed by atoms with E-state index in [9.17, 15) is 19.8 Å². The van der Waals surface area contributed by atoms with E-state index >= 15 is 0 Å². The van der Waals surface area contributed by atoms with Crippen molar-refractivity contribution < 1.29 is 34.1 Å². The minimum Gasteiger partial charge on any atom is -0.495 e. The molecule has 1 unspecified atom stereocenters. The predicted molar refractivity (Wildman–Crippen MR) is 92.9 cm³/mol. The number of carbonyl (C=O) groups is 2. The zero-order valence-corrected chi connectivity index (χ0v) is 16.5. The fraction of sp³-hybridized carbons (Fsp3) is 0.500. The van der Waals surface area contributed by atoms with Crippen LogP contribution in [-0.4, -0.2) is 66.4 Å². The lowest BCUT2D eigenvalue weighted by atomic mass is 9.87. The van der Waals surface area contributed by atoms with Crippen molar-refractivity contribution in [2.75, 3.05) is 20.8 Å². The highest BCUT2D eigenvalue weighted by atomic mass is 79.9.